The Morgan fingerprint density at radius 2 is 2.50 bits per heavy atom. The highest BCUT2D eigenvalue weighted by atomic mass is 35.5. The van der Waals surface area contributed by atoms with Gasteiger partial charge in [-0.2, -0.15) is 5.26 Å². The Labute approximate surface area is 64.0 Å². The fraction of sp³-hybridized carbons (Fsp3) is 0.333. The highest BCUT2D eigenvalue weighted by Crippen LogP contribution is 2.08. The number of nitrogens with zero attached hydrogens (tertiary/aromatic N) is 2. The van der Waals surface area contributed by atoms with Crippen molar-refractivity contribution in [2.75, 3.05) is 6.54 Å². The zero-order valence-electron chi connectivity index (χ0n) is 5.48. The third-order valence-corrected chi connectivity index (χ3v) is 1.47. The van der Waals surface area contributed by atoms with Gasteiger partial charge in [-0.05, 0) is 18.5 Å². The number of amidine groups is 1. The molecule has 3 nitrogen and oxygen atoms in total. The summed E-state index contributed by atoms with van der Waals surface area (Å²) >= 11 is 5.53. The van der Waals surface area contributed by atoms with Crippen molar-refractivity contribution in [3.05, 3.63) is 11.3 Å². The Bertz CT molecular complexity index is 246. The molecule has 1 aliphatic heterocycles. The molecule has 1 rings (SSSR count). The third-order valence-electron chi connectivity index (χ3n) is 1.25. The van der Waals surface area contributed by atoms with Crippen molar-refractivity contribution in [3.63, 3.8) is 0 Å². The molecule has 0 fully saturated rings. The quantitative estimate of drug-likeness (QED) is 0.531. The third kappa shape index (κ3) is 1.28. The van der Waals surface area contributed by atoms with E-state index in [0.717, 1.165) is 0 Å². The van der Waals surface area contributed by atoms with Crippen LogP contribution in [0.1, 0.15) is 6.92 Å². The predicted octanol–water partition coefficient (Wildman–Crippen LogP) is 0.982. The van der Waals surface area contributed by atoms with Crippen molar-refractivity contribution in [1.82, 2.24) is 5.32 Å². The molecule has 0 amide bonds. The van der Waals surface area contributed by atoms with Gasteiger partial charge >= 0.3 is 0 Å². The van der Waals surface area contributed by atoms with Crippen LogP contribution in [0.5, 0.6) is 0 Å². The van der Waals surface area contributed by atoms with Gasteiger partial charge in [-0.15, -0.1) is 0 Å². The van der Waals surface area contributed by atoms with Gasteiger partial charge in [-0.1, -0.05) is 0 Å². The largest absolute Gasteiger partial charge is 0.356 e. The van der Waals surface area contributed by atoms with Crippen LogP contribution in [0.25, 0.3) is 0 Å². The molecule has 0 radical (unpaired) electrons. The number of nitrogens with one attached hydrogen (secondary N) is 1. The topological polar surface area (TPSA) is 48.2 Å². The summed E-state index contributed by atoms with van der Waals surface area (Å²) in [4.78, 5) is 3.86. The lowest BCUT2D eigenvalue weighted by Gasteiger charge is -2.09. The van der Waals surface area contributed by atoms with E-state index in [1.54, 1.807) is 6.92 Å². The van der Waals surface area contributed by atoms with Crippen molar-refractivity contribution in [1.29, 1.82) is 5.26 Å². The Kier molecular flexibility index (Phi) is 1.93. The predicted molar refractivity (Wildman–Crippen MR) is 39.6 cm³/mol. The molecule has 0 unspecified atom stereocenters. The van der Waals surface area contributed by atoms with Gasteiger partial charge in [-0.3, -0.25) is 0 Å². The first-order chi connectivity index (χ1) is 4.74. The number of halogens is 1. The average Bonchev–Trinajstić information content (AvgIpc) is 1.88. The molecule has 0 aromatic carbocycles. The summed E-state index contributed by atoms with van der Waals surface area (Å²) in [5.74, 6) is 0. The molecular formula is C6H6ClN3. The molecule has 0 atom stereocenters. The van der Waals surface area contributed by atoms with Crippen molar-refractivity contribution in [3.8, 4) is 6.07 Å². The number of allylic oxidation sites excluding steroid dienone is 1. The highest BCUT2D eigenvalue weighted by molar-refractivity contribution is 6.64. The van der Waals surface area contributed by atoms with Crippen LogP contribution in [0, 0.1) is 11.3 Å². The van der Waals surface area contributed by atoms with E-state index < -0.39 is 0 Å². The molecule has 0 aliphatic carbocycles. The number of rotatable bonds is 0. The van der Waals surface area contributed by atoms with E-state index in [0.29, 0.717) is 23.1 Å². The molecule has 1 aliphatic rings. The first-order valence-corrected chi connectivity index (χ1v) is 3.19. The molecule has 10 heavy (non-hydrogen) atoms. The fourth-order valence-corrected chi connectivity index (χ4v) is 0.858. The summed E-state index contributed by atoms with van der Waals surface area (Å²) in [6.07, 6.45) is 0. The normalized spacial score (nSPS) is 17.5. The lowest BCUT2D eigenvalue weighted by molar-refractivity contribution is 0.961. The van der Waals surface area contributed by atoms with Crippen LogP contribution in [0.4, 0.5) is 0 Å². The first-order valence-electron chi connectivity index (χ1n) is 2.82. The van der Waals surface area contributed by atoms with Gasteiger partial charge in [0, 0.05) is 0 Å². The second kappa shape index (κ2) is 2.72. The minimum absolute atomic E-state index is 0.358. The Balaban J connectivity index is 2.93. The zero-order chi connectivity index (χ0) is 7.56. The smallest absolute Gasteiger partial charge is 0.196 e. The Morgan fingerprint density at radius 3 is 3.00 bits per heavy atom. The van der Waals surface area contributed by atoms with Crippen LogP contribution in [0.15, 0.2) is 16.3 Å². The minimum atomic E-state index is 0.358. The summed E-state index contributed by atoms with van der Waals surface area (Å²) in [6, 6.07) is 2.03. The van der Waals surface area contributed by atoms with Gasteiger partial charge in [-0.25, -0.2) is 4.99 Å². The molecule has 0 spiro atoms. The van der Waals surface area contributed by atoms with Crippen LogP contribution in [0.2, 0.25) is 0 Å². The number of aliphatic imine (C=N–C) groups is 1. The minimum Gasteiger partial charge on any atom is -0.356 e. The summed E-state index contributed by atoms with van der Waals surface area (Å²) in [6.45, 7) is 2.26. The van der Waals surface area contributed by atoms with Crippen molar-refractivity contribution in [2.24, 2.45) is 4.99 Å². The van der Waals surface area contributed by atoms with Gasteiger partial charge in [0.1, 0.15) is 0 Å². The number of nitriles is 1. The van der Waals surface area contributed by atoms with E-state index in [1.165, 1.54) is 0 Å². The van der Waals surface area contributed by atoms with E-state index in [1.807, 2.05) is 6.07 Å². The van der Waals surface area contributed by atoms with Crippen molar-refractivity contribution >= 4 is 16.9 Å². The molecule has 1 N–H and O–H groups in total. The molecule has 52 valence electrons. The summed E-state index contributed by atoms with van der Waals surface area (Å²) in [5, 5.41) is 11.6. The summed E-state index contributed by atoms with van der Waals surface area (Å²) in [5.41, 5.74) is 1.34. The second-order valence-corrected chi connectivity index (χ2v) is 2.29. The Morgan fingerprint density at radius 1 is 1.80 bits per heavy atom. The van der Waals surface area contributed by atoms with E-state index in [-0.39, 0.29) is 0 Å². The van der Waals surface area contributed by atoms with Crippen molar-refractivity contribution in [2.45, 2.75) is 6.92 Å². The van der Waals surface area contributed by atoms with E-state index in [4.69, 9.17) is 16.9 Å². The lowest BCUT2D eigenvalue weighted by Crippen LogP contribution is -2.24. The number of hydrogen-bond donors (Lipinski definition) is 1. The van der Waals surface area contributed by atoms with Gasteiger partial charge < -0.3 is 5.32 Å². The van der Waals surface area contributed by atoms with E-state index in [2.05, 4.69) is 10.3 Å². The van der Waals surface area contributed by atoms with Crippen LogP contribution in [-0.2, 0) is 0 Å². The molecule has 0 saturated carbocycles. The maximum absolute atomic E-state index is 8.49. The summed E-state index contributed by atoms with van der Waals surface area (Å²) in [7, 11) is 0. The molecule has 0 saturated heterocycles. The molecule has 0 aromatic rings. The summed E-state index contributed by atoms with van der Waals surface area (Å²) < 4.78 is 0. The van der Waals surface area contributed by atoms with Crippen LogP contribution < -0.4 is 5.32 Å². The fourth-order valence-electron chi connectivity index (χ4n) is 0.664. The van der Waals surface area contributed by atoms with Gasteiger partial charge in [0.15, 0.2) is 5.29 Å². The standard InChI is InChI=1S/C6H6ClN3/c1-4-5(2-8)3-9-6(7)10-4/h3H2,1H3,(H,9,10). The monoisotopic (exact) mass is 155 g/mol. The van der Waals surface area contributed by atoms with Gasteiger partial charge in [0.25, 0.3) is 0 Å². The maximum Gasteiger partial charge on any atom is 0.196 e. The van der Waals surface area contributed by atoms with E-state index in [9.17, 15) is 0 Å². The van der Waals surface area contributed by atoms with Gasteiger partial charge in [0.2, 0.25) is 0 Å². The maximum atomic E-state index is 8.49. The van der Waals surface area contributed by atoms with Crippen molar-refractivity contribution < 1.29 is 0 Å². The average molecular weight is 156 g/mol. The van der Waals surface area contributed by atoms with Gasteiger partial charge in [0.05, 0.1) is 23.9 Å². The van der Waals surface area contributed by atoms with Crippen LogP contribution in [-0.4, -0.2) is 11.8 Å². The first kappa shape index (κ1) is 7.10. The molecule has 0 bridgehead atoms. The number of hydrogen-bond acceptors (Lipinski definition) is 3. The SMILES string of the molecule is CC1=C(C#N)CNC(Cl)=N1. The molecular weight excluding hydrogens is 150 g/mol. The van der Waals surface area contributed by atoms with Crippen LogP contribution in [0.3, 0.4) is 0 Å². The highest BCUT2D eigenvalue weighted by Gasteiger charge is 2.07. The molecule has 4 heteroatoms. The lowest BCUT2D eigenvalue weighted by atomic mass is 10.2. The van der Waals surface area contributed by atoms with Crippen LogP contribution >= 0.6 is 11.6 Å². The molecule has 1 heterocycles. The second-order valence-electron chi connectivity index (χ2n) is 1.93. The molecule has 0 aromatic heterocycles. The van der Waals surface area contributed by atoms with E-state index >= 15 is 0 Å². The zero-order valence-corrected chi connectivity index (χ0v) is 6.24. The Hall–Kier alpha value is -1.01.